The van der Waals surface area contributed by atoms with E-state index >= 15 is 0 Å². The van der Waals surface area contributed by atoms with Crippen molar-refractivity contribution in [1.29, 1.82) is 0 Å². The molecule has 0 saturated carbocycles. The molecule has 26 heavy (non-hydrogen) atoms. The minimum Gasteiger partial charge on any atom is -0.497 e. The first-order chi connectivity index (χ1) is 12.6. The van der Waals surface area contributed by atoms with Crippen LogP contribution in [0.1, 0.15) is 18.4 Å². The quantitative estimate of drug-likeness (QED) is 0.843. The molecule has 0 N–H and O–H groups in total. The Hall–Kier alpha value is -2.40. The summed E-state index contributed by atoms with van der Waals surface area (Å²) in [4.78, 5) is 16.7. The zero-order valence-electron chi connectivity index (χ0n) is 15.0. The van der Waals surface area contributed by atoms with Gasteiger partial charge < -0.3 is 9.64 Å². The van der Waals surface area contributed by atoms with Crippen LogP contribution in [0, 0.1) is 11.2 Å². The summed E-state index contributed by atoms with van der Waals surface area (Å²) in [7, 11) is 1.67. The molecule has 2 saturated heterocycles. The Bertz CT molecular complexity index is 808. The molecule has 0 aliphatic carbocycles. The summed E-state index contributed by atoms with van der Waals surface area (Å²) < 4.78 is 18.7. The van der Waals surface area contributed by atoms with Gasteiger partial charge in [0.05, 0.1) is 7.11 Å². The highest BCUT2D eigenvalue weighted by Gasteiger charge is 2.47. The van der Waals surface area contributed by atoms with Crippen molar-refractivity contribution in [2.75, 3.05) is 31.6 Å². The largest absolute Gasteiger partial charge is 0.497 e. The van der Waals surface area contributed by atoms with Gasteiger partial charge in [-0.1, -0.05) is 18.2 Å². The van der Waals surface area contributed by atoms with Crippen molar-refractivity contribution >= 4 is 11.6 Å². The second-order valence-electron chi connectivity index (χ2n) is 7.45. The van der Waals surface area contributed by atoms with Crippen LogP contribution in [0.25, 0.3) is 0 Å². The third-order valence-electron chi connectivity index (χ3n) is 5.52. The van der Waals surface area contributed by atoms with Gasteiger partial charge in [-0.2, -0.15) is 0 Å². The van der Waals surface area contributed by atoms with E-state index in [9.17, 15) is 9.18 Å². The second kappa shape index (κ2) is 6.72. The molecule has 4 rings (SSSR count). The molecule has 2 fully saturated rings. The molecule has 4 nitrogen and oxygen atoms in total. The Kier molecular flexibility index (Phi) is 4.41. The number of benzene rings is 2. The molecule has 1 amide bonds. The summed E-state index contributed by atoms with van der Waals surface area (Å²) in [5, 5.41) is 0. The van der Waals surface area contributed by atoms with E-state index in [1.165, 1.54) is 17.7 Å². The first-order valence-electron chi connectivity index (χ1n) is 8.98. The highest BCUT2D eigenvalue weighted by Crippen LogP contribution is 2.42. The van der Waals surface area contributed by atoms with E-state index < -0.39 is 0 Å². The van der Waals surface area contributed by atoms with Crippen LogP contribution >= 0.6 is 0 Å². The Morgan fingerprint density at radius 2 is 1.96 bits per heavy atom. The van der Waals surface area contributed by atoms with E-state index in [4.69, 9.17) is 4.74 Å². The number of nitrogens with zero attached hydrogens (tertiary/aromatic N) is 2. The topological polar surface area (TPSA) is 32.8 Å². The lowest BCUT2D eigenvalue weighted by atomic mass is 9.86. The average Bonchev–Trinajstić information content (AvgIpc) is 3.18. The molecule has 2 aliphatic rings. The number of carbonyl (C=O) groups excluding carboxylic acids is 1. The molecule has 1 atom stereocenters. The molecule has 2 aromatic rings. The van der Waals surface area contributed by atoms with Gasteiger partial charge in [0.25, 0.3) is 0 Å². The molecule has 1 spiro atoms. The van der Waals surface area contributed by atoms with Gasteiger partial charge in [-0.25, -0.2) is 4.39 Å². The zero-order chi connectivity index (χ0) is 18.1. The minimum absolute atomic E-state index is 0.0180. The van der Waals surface area contributed by atoms with Gasteiger partial charge in [-0.05, 0) is 48.9 Å². The molecule has 0 bridgehead atoms. The Labute approximate surface area is 153 Å². The predicted octanol–water partition coefficient (Wildman–Crippen LogP) is 3.46. The summed E-state index contributed by atoms with van der Waals surface area (Å²) >= 11 is 0. The minimum atomic E-state index is -0.302. The first-order valence-corrected chi connectivity index (χ1v) is 8.98. The third kappa shape index (κ3) is 3.31. The molecule has 2 aliphatic heterocycles. The Balaban J connectivity index is 1.43. The van der Waals surface area contributed by atoms with Gasteiger partial charge >= 0.3 is 0 Å². The molecule has 2 aromatic carbocycles. The van der Waals surface area contributed by atoms with E-state index in [0.29, 0.717) is 18.7 Å². The lowest BCUT2D eigenvalue weighted by molar-refractivity contribution is -0.117. The number of hydrogen-bond donors (Lipinski definition) is 0. The monoisotopic (exact) mass is 354 g/mol. The van der Waals surface area contributed by atoms with Crippen LogP contribution in [0.2, 0.25) is 0 Å². The van der Waals surface area contributed by atoms with Crippen molar-refractivity contribution in [3.05, 3.63) is 59.9 Å². The maximum absolute atomic E-state index is 13.5. The highest BCUT2D eigenvalue weighted by molar-refractivity contribution is 5.96. The van der Waals surface area contributed by atoms with Gasteiger partial charge in [0.15, 0.2) is 0 Å². The first kappa shape index (κ1) is 17.0. The number of ether oxygens (including phenoxy) is 1. The molecule has 2 heterocycles. The van der Waals surface area contributed by atoms with Gasteiger partial charge in [-0.3, -0.25) is 9.69 Å². The van der Waals surface area contributed by atoms with Crippen molar-refractivity contribution in [3.8, 4) is 5.75 Å². The Morgan fingerprint density at radius 3 is 2.69 bits per heavy atom. The molecule has 136 valence electrons. The van der Waals surface area contributed by atoms with Crippen LogP contribution in [-0.2, 0) is 11.3 Å². The van der Waals surface area contributed by atoms with Crippen molar-refractivity contribution in [1.82, 2.24) is 4.90 Å². The Morgan fingerprint density at radius 1 is 1.15 bits per heavy atom. The summed E-state index contributed by atoms with van der Waals surface area (Å²) in [6.07, 6.45) is 1.54. The van der Waals surface area contributed by atoms with Crippen LogP contribution in [0.15, 0.2) is 48.5 Å². The van der Waals surface area contributed by atoms with Crippen LogP contribution in [0.3, 0.4) is 0 Å². The number of rotatable bonds is 4. The lowest BCUT2D eigenvalue weighted by Crippen LogP contribution is -2.31. The standard InChI is InChI=1S/C21H23FN2O2/c1-26-19-7-5-16(6-8-19)13-23-10-9-21(14-23)12-20(25)24(15-21)18-4-2-3-17(22)11-18/h2-8,11H,9-10,12-15H2,1H3. The van der Waals surface area contributed by atoms with Gasteiger partial charge in [0.2, 0.25) is 5.91 Å². The van der Waals surface area contributed by atoms with E-state index in [1.807, 2.05) is 18.2 Å². The fraction of sp³-hybridized carbons (Fsp3) is 0.381. The van der Waals surface area contributed by atoms with E-state index in [2.05, 4.69) is 17.0 Å². The van der Waals surface area contributed by atoms with Crippen LogP contribution in [0.4, 0.5) is 10.1 Å². The summed E-state index contributed by atoms with van der Waals surface area (Å²) in [6.45, 7) is 3.43. The number of anilines is 1. The molecular formula is C21H23FN2O2. The van der Waals surface area contributed by atoms with E-state index in [-0.39, 0.29) is 17.1 Å². The molecule has 0 radical (unpaired) electrons. The number of hydrogen-bond acceptors (Lipinski definition) is 3. The van der Waals surface area contributed by atoms with E-state index in [1.54, 1.807) is 18.1 Å². The predicted molar refractivity (Wildman–Crippen MR) is 98.7 cm³/mol. The summed E-state index contributed by atoms with van der Waals surface area (Å²) in [5.41, 5.74) is 1.89. The van der Waals surface area contributed by atoms with Crippen molar-refractivity contribution in [3.63, 3.8) is 0 Å². The van der Waals surface area contributed by atoms with Crippen molar-refractivity contribution in [2.45, 2.75) is 19.4 Å². The number of carbonyl (C=O) groups is 1. The maximum atomic E-state index is 13.5. The van der Waals surface area contributed by atoms with E-state index in [0.717, 1.165) is 31.8 Å². The molecule has 1 unspecified atom stereocenters. The molecule has 5 heteroatoms. The fourth-order valence-corrected chi connectivity index (χ4v) is 4.20. The third-order valence-corrected chi connectivity index (χ3v) is 5.52. The normalized spacial score (nSPS) is 23.2. The van der Waals surface area contributed by atoms with Gasteiger partial charge in [-0.15, -0.1) is 0 Å². The lowest BCUT2D eigenvalue weighted by Gasteiger charge is -2.24. The SMILES string of the molecule is COc1ccc(CN2CCC3(CC(=O)N(c4cccc(F)c4)C3)C2)cc1. The highest BCUT2D eigenvalue weighted by atomic mass is 19.1. The number of methoxy groups -OCH3 is 1. The second-order valence-corrected chi connectivity index (χ2v) is 7.45. The number of likely N-dealkylation sites (tertiary alicyclic amines) is 1. The summed E-state index contributed by atoms with van der Waals surface area (Å²) in [6, 6.07) is 14.5. The summed E-state index contributed by atoms with van der Waals surface area (Å²) in [5.74, 6) is 0.657. The average molecular weight is 354 g/mol. The molecule has 0 aromatic heterocycles. The fourth-order valence-electron chi connectivity index (χ4n) is 4.20. The van der Waals surface area contributed by atoms with Crippen molar-refractivity contribution < 1.29 is 13.9 Å². The number of halogens is 1. The van der Waals surface area contributed by atoms with Crippen LogP contribution < -0.4 is 9.64 Å². The maximum Gasteiger partial charge on any atom is 0.227 e. The van der Waals surface area contributed by atoms with Gasteiger partial charge in [0.1, 0.15) is 11.6 Å². The number of amides is 1. The smallest absolute Gasteiger partial charge is 0.227 e. The van der Waals surface area contributed by atoms with Gasteiger partial charge in [0, 0.05) is 37.2 Å². The van der Waals surface area contributed by atoms with Crippen LogP contribution in [0.5, 0.6) is 5.75 Å². The zero-order valence-corrected chi connectivity index (χ0v) is 15.0. The van der Waals surface area contributed by atoms with Crippen molar-refractivity contribution in [2.24, 2.45) is 5.41 Å². The molecular weight excluding hydrogens is 331 g/mol. The van der Waals surface area contributed by atoms with Crippen LogP contribution in [-0.4, -0.2) is 37.6 Å².